The normalized spacial score (nSPS) is 21.6. The molecule has 2 rings (SSSR count). The van der Waals surface area contributed by atoms with Gasteiger partial charge in [-0.25, -0.2) is 0 Å². The second-order valence-electron chi connectivity index (χ2n) is 5.50. The molecule has 1 aliphatic rings. The molecule has 0 amide bonds. The van der Waals surface area contributed by atoms with Crippen LogP contribution in [0.15, 0.2) is 30.3 Å². The summed E-state index contributed by atoms with van der Waals surface area (Å²) in [5.41, 5.74) is 0.926. The number of aliphatic hydroxyl groups is 1. The van der Waals surface area contributed by atoms with Gasteiger partial charge in [-0.2, -0.15) is 0 Å². The summed E-state index contributed by atoms with van der Waals surface area (Å²) in [6.45, 7) is 1.54. The first kappa shape index (κ1) is 15.0. The van der Waals surface area contributed by atoms with Gasteiger partial charge in [0.15, 0.2) is 0 Å². The molecule has 1 heterocycles. The topological polar surface area (TPSA) is 60.8 Å². The van der Waals surface area contributed by atoms with Crippen LogP contribution in [0.3, 0.4) is 0 Å². The maximum atomic E-state index is 10.7. The summed E-state index contributed by atoms with van der Waals surface area (Å²) in [7, 11) is 0. The zero-order valence-electron chi connectivity index (χ0n) is 11.7. The molecule has 0 bridgehead atoms. The van der Waals surface area contributed by atoms with Crippen molar-refractivity contribution in [2.24, 2.45) is 0 Å². The second kappa shape index (κ2) is 7.41. The summed E-state index contributed by atoms with van der Waals surface area (Å²) in [5.74, 6) is -0.737. The molecule has 4 heteroatoms. The van der Waals surface area contributed by atoms with Gasteiger partial charge in [0.2, 0.25) is 0 Å². The number of benzene rings is 1. The van der Waals surface area contributed by atoms with Crippen LogP contribution in [-0.4, -0.2) is 40.2 Å². The first-order valence-corrected chi connectivity index (χ1v) is 7.35. The first-order chi connectivity index (χ1) is 9.66. The SMILES string of the molecule is O=C(O)CCC1CCCCN1CC(O)c1ccccc1. The Bertz CT molecular complexity index is 421. The maximum Gasteiger partial charge on any atom is 0.303 e. The van der Waals surface area contributed by atoms with E-state index >= 15 is 0 Å². The van der Waals surface area contributed by atoms with E-state index in [9.17, 15) is 9.90 Å². The summed E-state index contributed by atoms with van der Waals surface area (Å²) < 4.78 is 0. The molecule has 2 N–H and O–H groups in total. The molecule has 0 saturated carbocycles. The number of β-amino-alcohol motifs (C(OH)–C–C–N with tert-alkyl or cyclic N) is 1. The Balaban J connectivity index is 1.92. The van der Waals surface area contributed by atoms with Crippen molar-refractivity contribution in [2.75, 3.05) is 13.1 Å². The lowest BCUT2D eigenvalue weighted by atomic mass is 9.96. The van der Waals surface area contributed by atoms with E-state index < -0.39 is 12.1 Å². The van der Waals surface area contributed by atoms with Crippen molar-refractivity contribution >= 4 is 5.97 Å². The van der Waals surface area contributed by atoms with E-state index in [-0.39, 0.29) is 6.42 Å². The van der Waals surface area contributed by atoms with Gasteiger partial charge in [-0.05, 0) is 31.4 Å². The summed E-state index contributed by atoms with van der Waals surface area (Å²) in [6, 6.07) is 9.94. The minimum Gasteiger partial charge on any atom is -0.481 e. The smallest absolute Gasteiger partial charge is 0.303 e. The van der Waals surface area contributed by atoms with Crippen molar-refractivity contribution < 1.29 is 15.0 Å². The molecule has 1 aromatic carbocycles. The van der Waals surface area contributed by atoms with Crippen LogP contribution in [0.25, 0.3) is 0 Å². The number of carboxylic acids is 1. The Kier molecular flexibility index (Phi) is 5.56. The van der Waals surface area contributed by atoms with Crippen molar-refractivity contribution in [1.82, 2.24) is 4.90 Å². The standard InChI is InChI=1S/C16H23NO3/c18-15(13-6-2-1-3-7-13)12-17-11-5-4-8-14(17)9-10-16(19)20/h1-3,6-7,14-15,18H,4-5,8-12H2,(H,19,20). The number of hydrogen-bond acceptors (Lipinski definition) is 3. The van der Waals surface area contributed by atoms with E-state index in [4.69, 9.17) is 5.11 Å². The molecule has 1 aliphatic heterocycles. The summed E-state index contributed by atoms with van der Waals surface area (Å²) in [6.07, 6.45) is 3.71. The molecule has 2 atom stereocenters. The lowest BCUT2D eigenvalue weighted by Gasteiger charge is -2.36. The van der Waals surface area contributed by atoms with Gasteiger partial charge in [-0.1, -0.05) is 36.8 Å². The lowest BCUT2D eigenvalue weighted by Crippen LogP contribution is -2.42. The molecule has 0 spiro atoms. The van der Waals surface area contributed by atoms with Gasteiger partial charge >= 0.3 is 5.97 Å². The van der Waals surface area contributed by atoms with Crippen LogP contribution >= 0.6 is 0 Å². The third kappa shape index (κ3) is 4.32. The van der Waals surface area contributed by atoms with Crippen molar-refractivity contribution in [3.8, 4) is 0 Å². The molecular formula is C16H23NO3. The molecule has 20 heavy (non-hydrogen) atoms. The van der Waals surface area contributed by atoms with E-state index in [1.165, 1.54) is 0 Å². The van der Waals surface area contributed by atoms with Gasteiger partial charge < -0.3 is 10.2 Å². The maximum absolute atomic E-state index is 10.7. The highest BCUT2D eigenvalue weighted by atomic mass is 16.4. The zero-order chi connectivity index (χ0) is 14.4. The van der Waals surface area contributed by atoms with Crippen LogP contribution in [0.4, 0.5) is 0 Å². The quantitative estimate of drug-likeness (QED) is 0.838. The third-order valence-electron chi connectivity index (χ3n) is 4.03. The largest absolute Gasteiger partial charge is 0.481 e. The van der Waals surface area contributed by atoms with Crippen molar-refractivity contribution in [3.05, 3.63) is 35.9 Å². The van der Waals surface area contributed by atoms with E-state index in [2.05, 4.69) is 4.90 Å². The van der Waals surface area contributed by atoms with Gasteiger partial charge in [0.05, 0.1) is 6.10 Å². The number of aliphatic hydroxyl groups excluding tert-OH is 1. The van der Waals surface area contributed by atoms with Crippen LogP contribution in [-0.2, 0) is 4.79 Å². The molecule has 110 valence electrons. The second-order valence-corrected chi connectivity index (χ2v) is 5.50. The Hall–Kier alpha value is -1.39. The molecule has 1 fully saturated rings. The van der Waals surface area contributed by atoms with E-state index in [1.807, 2.05) is 30.3 Å². The summed E-state index contributed by atoms with van der Waals surface area (Å²) >= 11 is 0. The number of carbonyl (C=O) groups is 1. The van der Waals surface area contributed by atoms with Gasteiger partial charge in [0.25, 0.3) is 0 Å². The minimum absolute atomic E-state index is 0.211. The van der Waals surface area contributed by atoms with Crippen LogP contribution in [0.5, 0.6) is 0 Å². The number of aliphatic carboxylic acids is 1. The van der Waals surface area contributed by atoms with Gasteiger partial charge in [-0.3, -0.25) is 9.69 Å². The average molecular weight is 277 g/mol. The van der Waals surface area contributed by atoms with Crippen molar-refractivity contribution in [2.45, 2.75) is 44.2 Å². The fraction of sp³-hybridized carbons (Fsp3) is 0.562. The van der Waals surface area contributed by atoms with Crippen LogP contribution < -0.4 is 0 Å². The highest BCUT2D eigenvalue weighted by Gasteiger charge is 2.25. The predicted molar refractivity (Wildman–Crippen MR) is 77.5 cm³/mol. The van der Waals surface area contributed by atoms with Crippen LogP contribution in [0.2, 0.25) is 0 Å². The average Bonchev–Trinajstić information content (AvgIpc) is 2.47. The zero-order valence-corrected chi connectivity index (χ0v) is 11.7. The van der Waals surface area contributed by atoms with E-state index in [1.54, 1.807) is 0 Å². The third-order valence-corrected chi connectivity index (χ3v) is 4.03. The molecule has 4 nitrogen and oxygen atoms in total. The van der Waals surface area contributed by atoms with Crippen molar-refractivity contribution in [1.29, 1.82) is 0 Å². The number of hydrogen-bond donors (Lipinski definition) is 2. The molecule has 0 aromatic heterocycles. The van der Waals surface area contributed by atoms with Gasteiger partial charge in [0, 0.05) is 19.0 Å². The Morgan fingerprint density at radius 2 is 2.05 bits per heavy atom. The molecule has 1 aromatic rings. The molecular weight excluding hydrogens is 254 g/mol. The first-order valence-electron chi connectivity index (χ1n) is 7.35. The fourth-order valence-corrected chi connectivity index (χ4v) is 2.92. The van der Waals surface area contributed by atoms with Crippen LogP contribution in [0, 0.1) is 0 Å². The number of nitrogens with zero attached hydrogens (tertiary/aromatic N) is 1. The summed E-state index contributed by atoms with van der Waals surface area (Å²) in [4.78, 5) is 13.0. The monoisotopic (exact) mass is 277 g/mol. The van der Waals surface area contributed by atoms with E-state index in [0.717, 1.165) is 31.4 Å². The van der Waals surface area contributed by atoms with Gasteiger partial charge in [0.1, 0.15) is 0 Å². The number of rotatable bonds is 6. The highest BCUT2D eigenvalue weighted by Crippen LogP contribution is 2.24. The molecule has 1 saturated heterocycles. The predicted octanol–water partition coefficient (Wildman–Crippen LogP) is 2.44. The minimum atomic E-state index is -0.737. The summed E-state index contributed by atoms with van der Waals surface area (Å²) in [5, 5.41) is 19.1. The highest BCUT2D eigenvalue weighted by molar-refractivity contribution is 5.66. The molecule has 0 radical (unpaired) electrons. The number of carboxylic acid groups (broad SMARTS) is 1. The fourth-order valence-electron chi connectivity index (χ4n) is 2.92. The molecule has 0 aliphatic carbocycles. The Morgan fingerprint density at radius 3 is 2.75 bits per heavy atom. The Labute approximate surface area is 120 Å². The van der Waals surface area contributed by atoms with E-state index in [0.29, 0.717) is 19.0 Å². The molecule has 2 unspecified atom stereocenters. The number of likely N-dealkylation sites (tertiary alicyclic amines) is 1. The van der Waals surface area contributed by atoms with Gasteiger partial charge in [-0.15, -0.1) is 0 Å². The Morgan fingerprint density at radius 1 is 1.30 bits per heavy atom. The van der Waals surface area contributed by atoms with Crippen molar-refractivity contribution in [3.63, 3.8) is 0 Å². The number of piperidine rings is 1. The van der Waals surface area contributed by atoms with Crippen LogP contribution in [0.1, 0.15) is 43.8 Å². The lowest BCUT2D eigenvalue weighted by molar-refractivity contribution is -0.137.